The van der Waals surface area contributed by atoms with E-state index in [4.69, 9.17) is 9.47 Å². The SMILES string of the molecule is C[C@@H](NC(=O)CCC1CCCO1)C(=O)OC(C)(C)C. The summed E-state index contributed by atoms with van der Waals surface area (Å²) < 4.78 is 10.6. The van der Waals surface area contributed by atoms with E-state index in [0.29, 0.717) is 12.8 Å². The standard InChI is InChI=1S/C14H25NO4/c1-10(13(17)19-14(2,3)4)15-12(16)8-7-11-6-5-9-18-11/h10-11H,5-9H2,1-4H3,(H,15,16)/t10-,11?/m1/s1. The Balaban J connectivity index is 2.24. The zero-order valence-corrected chi connectivity index (χ0v) is 12.3. The second-order valence-corrected chi connectivity index (χ2v) is 6.00. The van der Waals surface area contributed by atoms with Crippen LogP contribution in [0.5, 0.6) is 0 Å². The van der Waals surface area contributed by atoms with Crippen molar-refractivity contribution in [3.8, 4) is 0 Å². The predicted octanol–water partition coefficient (Wildman–Crippen LogP) is 1.79. The van der Waals surface area contributed by atoms with Crippen molar-refractivity contribution in [2.24, 2.45) is 0 Å². The van der Waals surface area contributed by atoms with Crippen LogP contribution >= 0.6 is 0 Å². The lowest BCUT2D eigenvalue weighted by molar-refractivity contribution is -0.158. The first-order valence-corrected chi connectivity index (χ1v) is 6.92. The third-order valence-corrected chi connectivity index (χ3v) is 2.86. The molecule has 1 N–H and O–H groups in total. The first-order valence-electron chi connectivity index (χ1n) is 6.92. The highest BCUT2D eigenvalue weighted by Crippen LogP contribution is 2.16. The maximum atomic E-state index is 11.7. The van der Waals surface area contributed by atoms with Gasteiger partial charge in [-0.15, -0.1) is 0 Å². The Labute approximate surface area is 115 Å². The molecule has 0 radical (unpaired) electrons. The number of rotatable bonds is 5. The summed E-state index contributed by atoms with van der Waals surface area (Å²) >= 11 is 0. The summed E-state index contributed by atoms with van der Waals surface area (Å²) in [5, 5.41) is 2.66. The van der Waals surface area contributed by atoms with E-state index in [2.05, 4.69) is 5.32 Å². The lowest BCUT2D eigenvalue weighted by Gasteiger charge is -2.22. The van der Waals surface area contributed by atoms with E-state index >= 15 is 0 Å². The van der Waals surface area contributed by atoms with Gasteiger partial charge in [-0.1, -0.05) is 0 Å². The number of esters is 1. The quantitative estimate of drug-likeness (QED) is 0.774. The zero-order chi connectivity index (χ0) is 14.5. The van der Waals surface area contributed by atoms with Crippen molar-refractivity contribution in [1.82, 2.24) is 5.32 Å². The predicted molar refractivity (Wildman–Crippen MR) is 71.7 cm³/mol. The van der Waals surface area contributed by atoms with E-state index in [1.165, 1.54) is 0 Å². The van der Waals surface area contributed by atoms with Crippen molar-refractivity contribution in [2.45, 2.75) is 71.1 Å². The van der Waals surface area contributed by atoms with Crippen LogP contribution in [0.3, 0.4) is 0 Å². The van der Waals surface area contributed by atoms with Crippen LogP contribution in [0.2, 0.25) is 0 Å². The number of carbonyl (C=O) groups is 2. The van der Waals surface area contributed by atoms with Gasteiger partial charge in [-0.05, 0) is 47.0 Å². The first kappa shape index (κ1) is 16.0. The van der Waals surface area contributed by atoms with E-state index in [1.54, 1.807) is 27.7 Å². The van der Waals surface area contributed by atoms with Crippen molar-refractivity contribution < 1.29 is 19.1 Å². The van der Waals surface area contributed by atoms with Gasteiger partial charge in [0.1, 0.15) is 11.6 Å². The normalized spacial score (nSPS) is 20.9. The van der Waals surface area contributed by atoms with Crippen molar-refractivity contribution in [3.05, 3.63) is 0 Å². The van der Waals surface area contributed by atoms with Gasteiger partial charge >= 0.3 is 5.97 Å². The Morgan fingerprint density at radius 2 is 2.11 bits per heavy atom. The Hall–Kier alpha value is -1.10. The maximum Gasteiger partial charge on any atom is 0.328 e. The molecule has 1 rings (SSSR count). The van der Waals surface area contributed by atoms with Crippen LogP contribution in [0.25, 0.3) is 0 Å². The van der Waals surface area contributed by atoms with Crippen LogP contribution in [-0.2, 0) is 19.1 Å². The molecule has 19 heavy (non-hydrogen) atoms. The Morgan fingerprint density at radius 3 is 2.63 bits per heavy atom. The zero-order valence-electron chi connectivity index (χ0n) is 12.3. The minimum absolute atomic E-state index is 0.131. The molecule has 2 atom stereocenters. The van der Waals surface area contributed by atoms with Crippen LogP contribution in [-0.4, -0.2) is 36.2 Å². The second kappa shape index (κ2) is 6.89. The molecular weight excluding hydrogens is 246 g/mol. The molecule has 0 bridgehead atoms. The summed E-state index contributed by atoms with van der Waals surface area (Å²) in [5.74, 6) is -0.535. The van der Waals surface area contributed by atoms with Gasteiger partial charge in [0.15, 0.2) is 0 Å². The molecule has 1 amide bonds. The molecule has 1 fully saturated rings. The minimum Gasteiger partial charge on any atom is -0.458 e. The van der Waals surface area contributed by atoms with Crippen molar-refractivity contribution in [2.75, 3.05) is 6.61 Å². The van der Waals surface area contributed by atoms with Gasteiger partial charge < -0.3 is 14.8 Å². The third-order valence-electron chi connectivity index (χ3n) is 2.86. The summed E-state index contributed by atoms with van der Waals surface area (Å²) in [4.78, 5) is 23.4. The topological polar surface area (TPSA) is 64.6 Å². The minimum atomic E-state index is -0.615. The van der Waals surface area contributed by atoms with Crippen molar-refractivity contribution in [3.63, 3.8) is 0 Å². The van der Waals surface area contributed by atoms with Crippen LogP contribution in [0.15, 0.2) is 0 Å². The number of carbonyl (C=O) groups excluding carboxylic acids is 2. The first-order chi connectivity index (χ1) is 8.78. The monoisotopic (exact) mass is 271 g/mol. The fourth-order valence-electron chi connectivity index (χ4n) is 1.93. The molecule has 5 nitrogen and oxygen atoms in total. The number of ether oxygens (including phenoxy) is 2. The largest absolute Gasteiger partial charge is 0.458 e. The Kier molecular flexibility index (Phi) is 5.79. The molecule has 1 aliphatic rings. The number of nitrogens with one attached hydrogen (secondary N) is 1. The molecule has 1 saturated heterocycles. The lowest BCUT2D eigenvalue weighted by atomic mass is 10.1. The van der Waals surface area contributed by atoms with Gasteiger partial charge in [-0.25, -0.2) is 4.79 Å². The lowest BCUT2D eigenvalue weighted by Crippen LogP contribution is -2.42. The van der Waals surface area contributed by atoms with Gasteiger partial charge in [-0.3, -0.25) is 4.79 Å². The highest BCUT2D eigenvalue weighted by atomic mass is 16.6. The van der Waals surface area contributed by atoms with Crippen molar-refractivity contribution >= 4 is 11.9 Å². The highest BCUT2D eigenvalue weighted by molar-refractivity contribution is 5.84. The molecule has 1 unspecified atom stereocenters. The Bertz CT molecular complexity index is 316. The van der Waals surface area contributed by atoms with Crippen LogP contribution in [0.1, 0.15) is 53.4 Å². The molecule has 5 heteroatoms. The molecule has 0 saturated carbocycles. The summed E-state index contributed by atoms with van der Waals surface area (Å²) in [7, 11) is 0. The van der Waals surface area contributed by atoms with E-state index < -0.39 is 17.6 Å². The molecule has 110 valence electrons. The van der Waals surface area contributed by atoms with E-state index in [0.717, 1.165) is 19.4 Å². The number of hydrogen-bond donors (Lipinski definition) is 1. The molecule has 0 aromatic heterocycles. The van der Waals surface area contributed by atoms with Crippen LogP contribution in [0.4, 0.5) is 0 Å². The summed E-state index contributed by atoms with van der Waals surface area (Å²) in [5.41, 5.74) is -0.534. The average Bonchev–Trinajstić information content (AvgIpc) is 2.76. The fraction of sp³-hybridized carbons (Fsp3) is 0.857. The van der Waals surface area contributed by atoms with Crippen LogP contribution < -0.4 is 5.32 Å². The highest BCUT2D eigenvalue weighted by Gasteiger charge is 2.23. The number of hydrogen-bond acceptors (Lipinski definition) is 4. The smallest absolute Gasteiger partial charge is 0.328 e. The van der Waals surface area contributed by atoms with E-state index in [9.17, 15) is 9.59 Å². The molecule has 0 aromatic carbocycles. The van der Waals surface area contributed by atoms with E-state index in [-0.39, 0.29) is 12.0 Å². The molecule has 0 aromatic rings. The third kappa shape index (κ3) is 6.57. The van der Waals surface area contributed by atoms with Crippen LogP contribution in [0, 0.1) is 0 Å². The summed E-state index contributed by atoms with van der Waals surface area (Å²) in [6.45, 7) is 7.84. The molecule has 0 aliphatic carbocycles. The van der Waals surface area contributed by atoms with Gasteiger partial charge in [0.05, 0.1) is 6.10 Å². The number of amides is 1. The molecule has 0 spiro atoms. The van der Waals surface area contributed by atoms with Gasteiger partial charge in [0, 0.05) is 13.0 Å². The van der Waals surface area contributed by atoms with Crippen molar-refractivity contribution in [1.29, 1.82) is 0 Å². The summed E-state index contributed by atoms with van der Waals surface area (Å²) in [6, 6.07) is -0.615. The molecule has 1 heterocycles. The fourth-order valence-corrected chi connectivity index (χ4v) is 1.93. The van der Waals surface area contributed by atoms with Gasteiger partial charge in [0.2, 0.25) is 5.91 Å². The summed E-state index contributed by atoms with van der Waals surface area (Å²) in [6.07, 6.45) is 3.39. The second-order valence-electron chi connectivity index (χ2n) is 6.00. The Morgan fingerprint density at radius 1 is 1.42 bits per heavy atom. The van der Waals surface area contributed by atoms with Gasteiger partial charge in [0.25, 0.3) is 0 Å². The van der Waals surface area contributed by atoms with Gasteiger partial charge in [-0.2, -0.15) is 0 Å². The average molecular weight is 271 g/mol. The molecular formula is C14H25NO4. The maximum absolute atomic E-state index is 11.7. The molecule has 1 aliphatic heterocycles. The van der Waals surface area contributed by atoms with E-state index in [1.807, 2.05) is 0 Å².